The second-order valence-corrected chi connectivity index (χ2v) is 13.0. The molecular weight excluding hydrogens is 542 g/mol. The van der Waals surface area contributed by atoms with Gasteiger partial charge in [-0.2, -0.15) is 0 Å². The molecule has 4 aliphatic rings. The molecule has 4 fully saturated rings. The van der Waals surface area contributed by atoms with Gasteiger partial charge in [0.25, 0.3) is 0 Å². The Morgan fingerprint density at radius 1 is 1.10 bits per heavy atom. The summed E-state index contributed by atoms with van der Waals surface area (Å²) in [5.74, 6) is 2.67. The Balaban J connectivity index is 1.41. The lowest BCUT2D eigenvalue weighted by Crippen LogP contribution is -2.53. The number of anilines is 1. The Labute approximate surface area is 244 Å². The van der Waals surface area contributed by atoms with E-state index in [-0.39, 0.29) is 6.10 Å². The highest BCUT2D eigenvalue weighted by atomic mass is 35.5. The predicted octanol–water partition coefficient (Wildman–Crippen LogP) is 5.35. The van der Waals surface area contributed by atoms with Crippen LogP contribution < -0.4 is 15.7 Å². The van der Waals surface area contributed by atoms with Gasteiger partial charge in [-0.05, 0) is 62.0 Å². The van der Waals surface area contributed by atoms with E-state index in [4.69, 9.17) is 26.4 Å². The smallest absolute Gasteiger partial charge is 0.391 e. The molecule has 1 amide bonds. The lowest BCUT2D eigenvalue weighted by Gasteiger charge is -2.46. The maximum Gasteiger partial charge on any atom is 0.427 e. The fourth-order valence-electron chi connectivity index (χ4n) is 7.53. The fraction of sp³-hybridized carbons (Fsp3) is 0.600. The number of aromatic nitrogens is 4. The lowest BCUT2D eigenvalue weighted by molar-refractivity contribution is 0.0902. The summed E-state index contributed by atoms with van der Waals surface area (Å²) in [5.41, 5.74) is 6.56. The van der Waals surface area contributed by atoms with Gasteiger partial charge in [-0.1, -0.05) is 44.2 Å². The molecular formula is C30H38ClN7O3. The van der Waals surface area contributed by atoms with Gasteiger partial charge in [-0.15, -0.1) is 5.48 Å². The molecule has 3 N–H and O–H groups in total. The van der Waals surface area contributed by atoms with Gasteiger partial charge in [-0.25, -0.2) is 14.8 Å². The van der Waals surface area contributed by atoms with Crippen LogP contribution in [0.25, 0.3) is 22.3 Å². The molecule has 218 valence electrons. The van der Waals surface area contributed by atoms with Crippen LogP contribution in [-0.2, 0) is 11.4 Å². The summed E-state index contributed by atoms with van der Waals surface area (Å²) in [4.78, 5) is 34.0. The lowest BCUT2D eigenvalue weighted by atomic mass is 9.77. The van der Waals surface area contributed by atoms with Gasteiger partial charge < -0.3 is 19.4 Å². The van der Waals surface area contributed by atoms with Gasteiger partial charge in [0.15, 0.2) is 6.17 Å². The van der Waals surface area contributed by atoms with Crippen molar-refractivity contribution < 1.29 is 14.7 Å². The third-order valence-corrected chi connectivity index (χ3v) is 9.82. The normalized spacial score (nSPS) is 30.2. The number of carbonyl (C=O) groups excluding carboxylic acids is 1. The zero-order valence-corrected chi connectivity index (χ0v) is 24.2. The molecule has 4 unspecified atom stereocenters. The number of hydrogen-bond acceptors (Lipinski definition) is 8. The summed E-state index contributed by atoms with van der Waals surface area (Å²) in [7, 11) is 0. The van der Waals surface area contributed by atoms with Crippen LogP contribution in [0.4, 0.5) is 10.7 Å². The van der Waals surface area contributed by atoms with Crippen molar-refractivity contribution in [2.24, 2.45) is 17.8 Å². The summed E-state index contributed by atoms with van der Waals surface area (Å²) in [6.45, 7) is 3.77. The van der Waals surface area contributed by atoms with E-state index >= 15 is 0 Å². The van der Waals surface area contributed by atoms with Crippen molar-refractivity contribution in [1.29, 1.82) is 0 Å². The van der Waals surface area contributed by atoms with Crippen LogP contribution in [0.5, 0.6) is 0 Å². The molecule has 10 nitrogen and oxygen atoms in total. The molecule has 7 rings (SSSR count). The molecule has 41 heavy (non-hydrogen) atoms. The van der Waals surface area contributed by atoms with E-state index in [1.54, 1.807) is 12.4 Å². The number of nitrogens with one attached hydrogen (secondary N) is 2. The number of aliphatic hydroxyl groups excluding tert-OH is 1. The first-order valence-corrected chi connectivity index (χ1v) is 15.5. The van der Waals surface area contributed by atoms with Crippen LogP contribution in [0.15, 0.2) is 24.5 Å². The Bertz CT molecular complexity index is 1440. The fourth-order valence-corrected chi connectivity index (χ4v) is 7.70. The highest BCUT2D eigenvalue weighted by Gasteiger charge is 2.40. The second-order valence-electron chi connectivity index (χ2n) is 12.5. The molecule has 0 radical (unpaired) electrons. The number of imidazole rings is 1. The van der Waals surface area contributed by atoms with Crippen LogP contribution in [0.2, 0.25) is 5.02 Å². The van der Waals surface area contributed by atoms with Gasteiger partial charge >= 0.3 is 6.09 Å². The zero-order chi connectivity index (χ0) is 28.1. The minimum absolute atomic E-state index is 0.363. The number of pyridine rings is 2. The Kier molecular flexibility index (Phi) is 7.25. The highest BCUT2D eigenvalue weighted by molar-refractivity contribution is 6.30. The largest absolute Gasteiger partial charge is 0.427 e. The maximum atomic E-state index is 11.9. The Hall–Kier alpha value is -2.95. The van der Waals surface area contributed by atoms with Crippen molar-refractivity contribution in [2.75, 3.05) is 11.4 Å². The molecule has 11 heteroatoms. The van der Waals surface area contributed by atoms with Crippen molar-refractivity contribution >= 4 is 34.7 Å². The molecule has 2 saturated carbocycles. The van der Waals surface area contributed by atoms with Crippen LogP contribution in [-0.4, -0.2) is 49.4 Å². The number of carbonyl (C=O) groups is 1. The first-order valence-electron chi connectivity index (χ1n) is 15.1. The molecule has 5 heterocycles. The summed E-state index contributed by atoms with van der Waals surface area (Å²) in [6.07, 6.45) is 12.2. The third kappa shape index (κ3) is 5.26. The van der Waals surface area contributed by atoms with E-state index in [1.807, 2.05) is 12.1 Å². The van der Waals surface area contributed by atoms with Gasteiger partial charge in [0.1, 0.15) is 0 Å². The van der Waals surface area contributed by atoms with Crippen LogP contribution in [0, 0.1) is 17.8 Å². The number of fused-ring (bicyclic) bond motifs is 2. The van der Waals surface area contributed by atoms with Crippen molar-refractivity contribution in [3.63, 3.8) is 0 Å². The number of rotatable bonds is 5. The number of amides is 1. The van der Waals surface area contributed by atoms with Crippen LogP contribution >= 0.6 is 11.6 Å². The number of hydroxylamine groups is 1. The van der Waals surface area contributed by atoms with Gasteiger partial charge in [0, 0.05) is 37.1 Å². The molecule has 0 spiro atoms. The van der Waals surface area contributed by atoms with E-state index in [9.17, 15) is 9.90 Å². The first kappa shape index (κ1) is 26.9. The average molecular weight is 580 g/mol. The molecule has 3 aromatic heterocycles. The Morgan fingerprint density at radius 3 is 2.71 bits per heavy atom. The monoisotopic (exact) mass is 579 g/mol. The molecule has 2 aliphatic carbocycles. The van der Waals surface area contributed by atoms with Gasteiger partial charge in [-0.3, -0.25) is 10.3 Å². The van der Waals surface area contributed by atoms with Crippen molar-refractivity contribution in [3.05, 3.63) is 35.2 Å². The SMILES string of the molecule is CC1CCC(Cn2c(N3CC(O)CC4CCCCC43)nc3cc(C4NOC(=O)N4)nc(-c4cncc(Cl)c4)c32)CC1. The number of piperidine rings is 1. The van der Waals surface area contributed by atoms with Crippen molar-refractivity contribution in [1.82, 2.24) is 30.3 Å². The van der Waals surface area contributed by atoms with Crippen molar-refractivity contribution in [3.8, 4) is 11.3 Å². The summed E-state index contributed by atoms with van der Waals surface area (Å²) in [6, 6.07) is 4.17. The van der Waals surface area contributed by atoms with Gasteiger partial charge in [0.2, 0.25) is 5.95 Å². The molecule has 0 bridgehead atoms. The number of nitrogens with zero attached hydrogens (tertiary/aromatic N) is 5. The Morgan fingerprint density at radius 2 is 1.93 bits per heavy atom. The summed E-state index contributed by atoms with van der Waals surface area (Å²) in [5, 5.41) is 14.3. The standard InChI is InChI=1S/C30H38ClN7O3/c1-17-6-8-18(9-7-17)15-38-27-23(34-29(38)37-16-22(39)11-19-4-2-3-5-25(19)37)12-24(28-35-30(40)41-36-28)33-26(27)20-10-21(31)14-32-13-20/h10,12-14,17-19,22,25,28,36,39H,2-9,11,15-16H2,1H3,(H,35,40). The first-order chi connectivity index (χ1) is 19.9. The van der Waals surface area contributed by atoms with E-state index in [1.165, 1.54) is 38.5 Å². The summed E-state index contributed by atoms with van der Waals surface area (Å²) >= 11 is 6.42. The van der Waals surface area contributed by atoms with E-state index in [0.717, 1.165) is 60.0 Å². The number of aliphatic hydroxyl groups is 1. The minimum Gasteiger partial charge on any atom is -0.391 e. The van der Waals surface area contributed by atoms with Crippen molar-refractivity contribution in [2.45, 2.75) is 89.6 Å². The van der Waals surface area contributed by atoms with E-state index < -0.39 is 12.3 Å². The highest BCUT2D eigenvalue weighted by Crippen LogP contribution is 2.41. The quantitative estimate of drug-likeness (QED) is 0.370. The minimum atomic E-state index is -0.606. The molecule has 4 atom stereocenters. The predicted molar refractivity (Wildman–Crippen MR) is 156 cm³/mol. The molecule has 2 saturated heterocycles. The third-order valence-electron chi connectivity index (χ3n) is 9.61. The molecule has 0 aromatic carbocycles. The van der Waals surface area contributed by atoms with Crippen LogP contribution in [0.1, 0.15) is 76.6 Å². The van der Waals surface area contributed by atoms with Gasteiger partial charge in [0.05, 0.1) is 33.5 Å². The van der Waals surface area contributed by atoms with Crippen LogP contribution in [0.3, 0.4) is 0 Å². The topological polar surface area (TPSA) is 117 Å². The number of β-amino-alcohol motifs (C(OH)–C–C–N with tert-alkyl or cyclic N) is 1. The molecule has 3 aromatic rings. The average Bonchev–Trinajstić information content (AvgIpc) is 3.57. The summed E-state index contributed by atoms with van der Waals surface area (Å²) < 4.78 is 2.36. The van der Waals surface area contributed by atoms with E-state index in [2.05, 4.69) is 32.2 Å². The molecule has 2 aliphatic heterocycles. The van der Waals surface area contributed by atoms with E-state index in [0.29, 0.717) is 35.1 Å². The maximum absolute atomic E-state index is 11.9. The number of halogens is 1. The zero-order valence-electron chi connectivity index (χ0n) is 23.4. The number of hydrogen-bond donors (Lipinski definition) is 3. The second kappa shape index (κ2) is 11.0.